The lowest BCUT2D eigenvalue weighted by atomic mass is 10.1. The van der Waals surface area contributed by atoms with Gasteiger partial charge in [-0.25, -0.2) is 19.3 Å². The highest BCUT2D eigenvalue weighted by atomic mass is 79.9. The number of nitrogens with two attached hydrogens (primary N) is 1. The second-order valence-electron chi connectivity index (χ2n) is 9.48. The van der Waals surface area contributed by atoms with Gasteiger partial charge in [0.05, 0.1) is 10.5 Å². The van der Waals surface area contributed by atoms with Crippen LogP contribution in [-0.2, 0) is 4.74 Å². The summed E-state index contributed by atoms with van der Waals surface area (Å²) in [6.07, 6.45) is 3.93. The van der Waals surface area contributed by atoms with Crippen LogP contribution in [0.4, 0.5) is 16.4 Å². The summed E-state index contributed by atoms with van der Waals surface area (Å²) in [7, 11) is 0. The minimum atomic E-state index is -0.537. The average Bonchev–Trinajstić information content (AvgIpc) is 3.19. The van der Waals surface area contributed by atoms with Crippen LogP contribution >= 0.6 is 15.9 Å². The fourth-order valence-corrected chi connectivity index (χ4v) is 4.24. The van der Waals surface area contributed by atoms with Crippen molar-refractivity contribution in [1.29, 1.82) is 5.26 Å². The van der Waals surface area contributed by atoms with E-state index in [-0.39, 0.29) is 23.6 Å². The van der Waals surface area contributed by atoms with Crippen LogP contribution in [0, 0.1) is 11.3 Å². The number of ether oxygens (including phenoxy) is 2. The molecule has 0 unspecified atom stereocenters. The van der Waals surface area contributed by atoms with Crippen LogP contribution in [0.15, 0.2) is 23.1 Å². The van der Waals surface area contributed by atoms with E-state index in [1.165, 1.54) is 6.33 Å². The van der Waals surface area contributed by atoms with Crippen LogP contribution in [0.3, 0.4) is 0 Å². The van der Waals surface area contributed by atoms with Crippen molar-refractivity contribution in [2.45, 2.75) is 58.3 Å². The summed E-state index contributed by atoms with van der Waals surface area (Å²) in [5.74, 6) is 1.25. The lowest BCUT2D eigenvalue weighted by molar-refractivity contribution is 0.0123. The molecule has 4 heterocycles. The van der Waals surface area contributed by atoms with E-state index in [2.05, 4.69) is 36.3 Å². The Morgan fingerprint density at radius 3 is 2.72 bits per heavy atom. The standard InChI is InChI=1S/C23H28BrN9O3/c1-13(29-20-15(11-25)18(26)27-12-28-20)19-30-21(17-16(24)7-10-33(17)31-19)35-14-5-8-32(9-6-14)22(34)36-23(2,3)4/h7,10,12-14H,5-6,8-9H2,1-4H3,(H3,26,27,28,29)/t13-/m0/s1. The zero-order valence-corrected chi connectivity index (χ0v) is 22.1. The Bertz CT molecular complexity index is 1310. The maximum atomic E-state index is 12.4. The lowest BCUT2D eigenvalue weighted by Gasteiger charge is -2.33. The van der Waals surface area contributed by atoms with Gasteiger partial charge in [-0.3, -0.25) is 0 Å². The minimum absolute atomic E-state index is 0.0923. The maximum Gasteiger partial charge on any atom is 0.410 e. The topological polar surface area (TPSA) is 157 Å². The van der Waals surface area contributed by atoms with Crippen molar-refractivity contribution >= 4 is 39.2 Å². The molecule has 3 aromatic heterocycles. The fourth-order valence-electron chi connectivity index (χ4n) is 3.77. The number of nitrogens with zero attached hydrogens (tertiary/aromatic N) is 7. The van der Waals surface area contributed by atoms with Gasteiger partial charge in [0.2, 0.25) is 5.88 Å². The average molecular weight is 558 g/mol. The normalized spacial score (nSPS) is 15.4. The molecule has 0 radical (unpaired) electrons. The minimum Gasteiger partial charge on any atom is -0.473 e. The molecule has 1 fully saturated rings. The zero-order chi connectivity index (χ0) is 26.0. The van der Waals surface area contributed by atoms with Gasteiger partial charge in [0.1, 0.15) is 46.8 Å². The molecule has 13 heteroatoms. The van der Waals surface area contributed by atoms with Crippen LogP contribution in [0.5, 0.6) is 5.88 Å². The van der Waals surface area contributed by atoms with E-state index < -0.39 is 11.6 Å². The number of hydrogen-bond acceptors (Lipinski definition) is 10. The first kappa shape index (κ1) is 25.4. The van der Waals surface area contributed by atoms with Crippen LogP contribution in [0.1, 0.15) is 58.0 Å². The number of anilines is 2. The molecule has 0 aromatic carbocycles. The van der Waals surface area contributed by atoms with Gasteiger partial charge in [0.15, 0.2) is 5.82 Å². The number of rotatable bonds is 5. The number of nitrogens with one attached hydrogen (secondary N) is 1. The van der Waals surface area contributed by atoms with E-state index in [9.17, 15) is 10.1 Å². The Balaban J connectivity index is 1.52. The predicted molar refractivity (Wildman–Crippen MR) is 135 cm³/mol. The molecule has 36 heavy (non-hydrogen) atoms. The Kier molecular flexibility index (Phi) is 7.16. The number of nitriles is 1. The molecular weight excluding hydrogens is 530 g/mol. The molecule has 0 spiro atoms. The monoisotopic (exact) mass is 557 g/mol. The summed E-state index contributed by atoms with van der Waals surface area (Å²) < 4.78 is 14.3. The molecule has 4 rings (SSSR count). The SMILES string of the molecule is C[C@H](Nc1ncnc(N)c1C#N)c1nc(OC2CCN(C(=O)OC(C)(C)C)CC2)c2c(Br)ccn2n1. The Hall–Kier alpha value is -3.66. The van der Waals surface area contributed by atoms with Gasteiger partial charge in [0.25, 0.3) is 0 Å². The number of likely N-dealkylation sites (tertiary alicyclic amines) is 1. The lowest BCUT2D eigenvalue weighted by Crippen LogP contribution is -2.44. The number of carbonyl (C=O) groups excluding carboxylic acids is 1. The van der Waals surface area contributed by atoms with Crippen molar-refractivity contribution in [2.24, 2.45) is 0 Å². The molecule has 12 nitrogen and oxygen atoms in total. The molecule has 0 bridgehead atoms. The number of aromatic nitrogens is 5. The molecular formula is C23H28BrN9O3. The third-order valence-corrected chi connectivity index (χ3v) is 6.19. The van der Waals surface area contributed by atoms with Gasteiger partial charge in [-0.05, 0) is 49.7 Å². The molecule has 3 aromatic rings. The quantitative estimate of drug-likeness (QED) is 0.473. The molecule has 0 saturated carbocycles. The van der Waals surface area contributed by atoms with Crippen molar-refractivity contribution in [2.75, 3.05) is 24.1 Å². The number of hydrogen-bond donors (Lipinski definition) is 2. The second-order valence-corrected chi connectivity index (χ2v) is 10.3. The molecule has 3 N–H and O–H groups in total. The van der Waals surface area contributed by atoms with Crippen molar-refractivity contribution in [3.8, 4) is 11.9 Å². The predicted octanol–water partition coefficient (Wildman–Crippen LogP) is 3.69. The third kappa shape index (κ3) is 5.59. The first-order chi connectivity index (χ1) is 17.1. The summed E-state index contributed by atoms with van der Waals surface area (Å²) in [5.41, 5.74) is 6.12. The Labute approximate surface area is 216 Å². The summed E-state index contributed by atoms with van der Waals surface area (Å²) in [6.45, 7) is 8.46. The third-order valence-electron chi connectivity index (χ3n) is 5.55. The van der Waals surface area contributed by atoms with E-state index in [4.69, 9.17) is 20.2 Å². The first-order valence-corrected chi connectivity index (χ1v) is 12.3. The Morgan fingerprint density at radius 1 is 1.33 bits per heavy atom. The highest BCUT2D eigenvalue weighted by Gasteiger charge is 2.29. The number of carbonyl (C=O) groups is 1. The maximum absolute atomic E-state index is 12.4. The van der Waals surface area contributed by atoms with Crippen molar-refractivity contribution < 1.29 is 14.3 Å². The zero-order valence-electron chi connectivity index (χ0n) is 20.5. The molecule has 1 atom stereocenters. The molecule has 190 valence electrons. The largest absolute Gasteiger partial charge is 0.473 e. The molecule has 1 amide bonds. The Morgan fingerprint density at radius 2 is 2.06 bits per heavy atom. The highest BCUT2D eigenvalue weighted by Crippen LogP contribution is 2.30. The number of nitrogen functional groups attached to an aromatic ring is 1. The molecule has 1 aliphatic rings. The summed E-state index contributed by atoms with van der Waals surface area (Å²) in [4.78, 5) is 26.8. The van der Waals surface area contributed by atoms with E-state index in [0.717, 1.165) is 4.47 Å². The smallest absolute Gasteiger partial charge is 0.410 e. The first-order valence-electron chi connectivity index (χ1n) is 11.5. The molecule has 0 aliphatic carbocycles. The van der Waals surface area contributed by atoms with Gasteiger partial charge in [-0.2, -0.15) is 15.3 Å². The summed E-state index contributed by atoms with van der Waals surface area (Å²) in [6, 6.07) is 3.46. The number of amides is 1. The van der Waals surface area contributed by atoms with E-state index in [0.29, 0.717) is 49.0 Å². The van der Waals surface area contributed by atoms with Gasteiger partial charge >= 0.3 is 6.09 Å². The van der Waals surface area contributed by atoms with Crippen molar-refractivity contribution in [3.63, 3.8) is 0 Å². The second kappa shape index (κ2) is 10.1. The molecule has 1 saturated heterocycles. The van der Waals surface area contributed by atoms with Crippen LogP contribution < -0.4 is 15.8 Å². The number of piperidine rings is 1. The van der Waals surface area contributed by atoms with E-state index >= 15 is 0 Å². The van der Waals surface area contributed by atoms with Crippen molar-refractivity contribution in [1.82, 2.24) is 29.5 Å². The van der Waals surface area contributed by atoms with Gasteiger partial charge < -0.3 is 25.4 Å². The van der Waals surface area contributed by atoms with E-state index in [1.807, 2.05) is 39.8 Å². The van der Waals surface area contributed by atoms with Crippen LogP contribution in [-0.4, -0.2) is 60.4 Å². The van der Waals surface area contributed by atoms with Crippen LogP contribution in [0.25, 0.3) is 5.52 Å². The number of halogens is 1. The number of fused-ring (bicyclic) bond motifs is 1. The van der Waals surface area contributed by atoms with Gasteiger partial charge in [0, 0.05) is 32.1 Å². The summed E-state index contributed by atoms with van der Waals surface area (Å²) in [5, 5.41) is 17.2. The van der Waals surface area contributed by atoms with Gasteiger partial charge in [-0.15, -0.1) is 0 Å². The van der Waals surface area contributed by atoms with Gasteiger partial charge in [-0.1, -0.05) is 0 Å². The highest BCUT2D eigenvalue weighted by molar-refractivity contribution is 9.10. The van der Waals surface area contributed by atoms with E-state index in [1.54, 1.807) is 15.6 Å². The van der Waals surface area contributed by atoms with Crippen molar-refractivity contribution in [3.05, 3.63) is 34.5 Å². The fraction of sp³-hybridized carbons (Fsp3) is 0.478. The summed E-state index contributed by atoms with van der Waals surface area (Å²) >= 11 is 3.55. The van der Waals surface area contributed by atoms with Crippen LogP contribution in [0.2, 0.25) is 0 Å². The molecule has 1 aliphatic heterocycles.